The molecule has 2 atom stereocenters. The lowest BCUT2D eigenvalue weighted by atomic mass is 9.99. The van der Waals surface area contributed by atoms with Gasteiger partial charge in [0.15, 0.2) is 5.79 Å². The summed E-state index contributed by atoms with van der Waals surface area (Å²) in [5, 5.41) is 0. The second-order valence-corrected chi connectivity index (χ2v) is 4.77. The predicted molar refractivity (Wildman–Crippen MR) is 53.8 cm³/mol. The second-order valence-electron chi connectivity index (χ2n) is 4.77. The van der Waals surface area contributed by atoms with Crippen LogP contribution in [0.15, 0.2) is 11.6 Å². The van der Waals surface area contributed by atoms with E-state index in [1.165, 1.54) is 12.8 Å². The van der Waals surface area contributed by atoms with Crippen LogP contribution < -0.4 is 0 Å². The lowest BCUT2D eigenvalue weighted by Crippen LogP contribution is -2.43. The molecule has 78 valence electrons. The molecule has 1 aliphatic heterocycles. The molecule has 14 heavy (non-hydrogen) atoms. The average molecular weight is 194 g/mol. The molecule has 1 heterocycles. The van der Waals surface area contributed by atoms with Crippen molar-refractivity contribution in [2.24, 2.45) is 11.8 Å². The fourth-order valence-corrected chi connectivity index (χ4v) is 3.27. The molecule has 3 rings (SSSR count). The molecule has 0 aromatic rings. The molecule has 2 nitrogen and oxygen atoms in total. The molecule has 1 saturated carbocycles. The van der Waals surface area contributed by atoms with Gasteiger partial charge in [-0.05, 0) is 25.2 Å². The molecule has 0 aromatic heterocycles. The Bertz CT molecular complexity index is 263. The zero-order valence-electron chi connectivity index (χ0n) is 8.79. The molecule has 0 N–H and O–H groups in total. The maximum absolute atomic E-state index is 5.91. The molecular formula is C12H18O2. The van der Waals surface area contributed by atoms with Crippen molar-refractivity contribution in [3.05, 3.63) is 11.6 Å². The van der Waals surface area contributed by atoms with E-state index >= 15 is 0 Å². The summed E-state index contributed by atoms with van der Waals surface area (Å²) in [6.45, 7) is 4.02. The first-order valence-corrected chi connectivity index (χ1v) is 5.80. The van der Waals surface area contributed by atoms with Crippen LogP contribution in [0.3, 0.4) is 0 Å². The van der Waals surface area contributed by atoms with Gasteiger partial charge in [-0.3, -0.25) is 0 Å². The summed E-state index contributed by atoms with van der Waals surface area (Å²) in [6.07, 6.45) is 7.14. The number of fused-ring (bicyclic) bond motifs is 1. The van der Waals surface area contributed by atoms with Gasteiger partial charge in [-0.15, -0.1) is 0 Å². The minimum atomic E-state index is -0.241. The summed E-state index contributed by atoms with van der Waals surface area (Å²) in [6, 6.07) is 0. The van der Waals surface area contributed by atoms with E-state index in [0.717, 1.165) is 32.0 Å². The van der Waals surface area contributed by atoms with Gasteiger partial charge in [-0.25, -0.2) is 0 Å². The average Bonchev–Trinajstić information content (AvgIpc) is 2.73. The van der Waals surface area contributed by atoms with E-state index < -0.39 is 0 Å². The van der Waals surface area contributed by atoms with Gasteiger partial charge in [-0.2, -0.15) is 0 Å². The molecule has 2 fully saturated rings. The summed E-state index contributed by atoms with van der Waals surface area (Å²) in [4.78, 5) is 0. The summed E-state index contributed by atoms with van der Waals surface area (Å²) >= 11 is 0. The third-order valence-electron chi connectivity index (χ3n) is 4.04. The highest BCUT2D eigenvalue weighted by molar-refractivity contribution is 5.24. The lowest BCUT2D eigenvalue weighted by molar-refractivity contribution is -0.280. The Labute approximate surface area is 85.3 Å². The van der Waals surface area contributed by atoms with Crippen LogP contribution in [0, 0.1) is 11.8 Å². The first-order chi connectivity index (χ1) is 6.82. The molecule has 2 unspecified atom stereocenters. The first-order valence-electron chi connectivity index (χ1n) is 5.80. The van der Waals surface area contributed by atoms with Crippen LogP contribution in [-0.4, -0.2) is 19.0 Å². The molecule has 0 bridgehead atoms. The molecule has 2 aliphatic carbocycles. The molecular weight excluding hydrogens is 176 g/mol. The van der Waals surface area contributed by atoms with Crippen LogP contribution in [-0.2, 0) is 9.47 Å². The fourth-order valence-electron chi connectivity index (χ4n) is 3.27. The lowest BCUT2D eigenvalue weighted by Gasteiger charge is -2.37. The van der Waals surface area contributed by atoms with Crippen molar-refractivity contribution in [3.63, 3.8) is 0 Å². The van der Waals surface area contributed by atoms with Gasteiger partial charge in [0.1, 0.15) is 0 Å². The Morgan fingerprint density at radius 3 is 2.86 bits per heavy atom. The zero-order valence-corrected chi connectivity index (χ0v) is 8.79. The van der Waals surface area contributed by atoms with Gasteiger partial charge in [0.25, 0.3) is 0 Å². The van der Waals surface area contributed by atoms with E-state index in [2.05, 4.69) is 13.0 Å². The topological polar surface area (TPSA) is 18.5 Å². The zero-order chi connectivity index (χ0) is 9.60. The van der Waals surface area contributed by atoms with Crippen molar-refractivity contribution in [2.75, 3.05) is 13.2 Å². The monoisotopic (exact) mass is 194 g/mol. The number of rotatable bonds is 0. The standard InChI is InChI=1S/C12H18O2/c1-9-11-5-2-4-10(11)8-12(9)13-6-3-7-14-12/h5,9-10H,2-4,6-8H2,1H3. The van der Waals surface area contributed by atoms with Crippen molar-refractivity contribution < 1.29 is 9.47 Å². The Morgan fingerprint density at radius 2 is 2.14 bits per heavy atom. The molecule has 2 heteroatoms. The summed E-state index contributed by atoms with van der Waals surface area (Å²) in [7, 11) is 0. The van der Waals surface area contributed by atoms with E-state index in [9.17, 15) is 0 Å². The van der Waals surface area contributed by atoms with Crippen molar-refractivity contribution in [1.29, 1.82) is 0 Å². The third-order valence-corrected chi connectivity index (χ3v) is 4.04. The Hall–Kier alpha value is -0.340. The highest BCUT2D eigenvalue weighted by atomic mass is 16.7. The van der Waals surface area contributed by atoms with Crippen LogP contribution in [0.1, 0.15) is 32.6 Å². The fraction of sp³-hybridized carbons (Fsp3) is 0.833. The van der Waals surface area contributed by atoms with Crippen LogP contribution in [0.4, 0.5) is 0 Å². The van der Waals surface area contributed by atoms with Crippen LogP contribution in [0.25, 0.3) is 0 Å². The molecule has 0 radical (unpaired) electrons. The Balaban J connectivity index is 1.88. The normalized spacial score (nSPS) is 39.9. The second kappa shape index (κ2) is 3.07. The number of ether oxygens (including phenoxy) is 2. The van der Waals surface area contributed by atoms with Gasteiger partial charge in [0.2, 0.25) is 0 Å². The van der Waals surface area contributed by atoms with Gasteiger partial charge in [0, 0.05) is 12.3 Å². The highest BCUT2D eigenvalue weighted by Crippen LogP contribution is 2.52. The largest absolute Gasteiger partial charge is 0.349 e. The van der Waals surface area contributed by atoms with E-state index in [1.54, 1.807) is 5.57 Å². The summed E-state index contributed by atoms with van der Waals surface area (Å²) < 4.78 is 11.8. The summed E-state index contributed by atoms with van der Waals surface area (Å²) in [5.74, 6) is 0.994. The third kappa shape index (κ3) is 1.10. The van der Waals surface area contributed by atoms with Crippen LogP contribution in [0.5, 0.6) is 0 Å². The molecule has 0 aromatic carbocycles. The van der Waals surface area contributed by atoms with Crippen molar-refractivity contribution in [1.82, 2.24) is 0 Å². The smallest absolute Gasteiger partial charge is 0.175 e. The van der Waals surface area contributed by atoms with Gasteiger partial charge in [0.05, 0.1) is 13.2 Å². The Kier molecular flexibility index (Phi) is 1.96. The van der Waals surface area contributed by atoms with E-state index in [0.29, 0.717) is 5.92 Å². The van der Waals surface area contributed by atoms with E-state index in [-0.39, 0.29) is 5.79 Å². The molecule has 1 saturated heterocycles. The maximum Gasteiger partial charge on any atom is 0.175 e. The van der Waals surface area contributed by atoms with Crippen LogP contribution >= 0.6 is 0 Å². The summed E-state index contributed by atoms with van der Waals surface area (Å²) in [5.41, 5.74) is 1.60. The molecule has 1 spiro atoms. The number of hydrogen-bond acceptors (Lipinski definition) is 2. The number of allylic oxidation sites excluding steroid dienone is 1. The van der Waals surface area contributed by atoms with Gasteiger partial charge in [-0.1, -0.05) is 18.6 Å². The van der Waals surface area contributed by atoms with Gasteiger partial charge < -0.3 is 9.47 Å². The molecule has 3 aliphatic rings. The quantitative estimate of drug-likeness (QED) is 0.552. The van der Waals surface area contributed by atoms with E-state index in [1.807, 2.05) is 0 Å². The first kappa shape index (κ1) is 8.93. The highest BCUT2D eigenvalue weighted by Gasteiger charge is 2.51. The van der Waals surface area contributed by atoms with E-state index in [4.69, 9.17) is 9.47 Å². The molecule has 0 amide bonds. The maximum atomic E-state index is 5.91. The van der Waals surface area contributed by atoms with Crippen molar-refractivity contribution in [2.45, 2.75) is 38.4 Å². The van der Waals surface area contributed by atoms with Crippen molar-refractivity contribution >= 4 is 0 Å². The SMILES string of the molecule is CC1C2=CCCC2CC12OCCCO2. The predicted octanol–water partition coefficient (Wildman–Crippen LogP) is 2.50. The number of hydrogen-bond donors (Lipinski definition) is 0. The minimum Gasteiger partial charge on any atom is -0.349 e. The van der Waals surface area contributed by atoms with Crippen LogP contribution in [0.2, 0.25) is 0 Å². The van der Waals surface area contributed by atoms with Gasteiger partial charge >= 0.3 is 0 Å². The Morgan fingerprint density at radius 1 is 1.36 bits per heavy atom. The minimum absolute atomic E-state index is 0.241. The van der Waals surface area contributed by atoms with Crippen molar-refractivity contribution in [3.8, 4) is 0 Å².